The Kier molecular flexibility index (Phi) is 1.58. The molecule has 0 fully saturated rings. The Bertz CT molecular complexity index is 412. The molecular formula is C8H11N5. The number of aromatic nitrogens is 4. The van der Waals surface area contributed by atoms with Crippen LogP contribution in [-0.2, 0) is 7.05 Å². The fourth-order valence-electron chi connectivity index (χ4n) is 1.33. The van der Waals surface area contributed by atoms with E-state index < -0.39 is 0 Å². The molecule has 2 aromatic heterocycles. The zero-order valence-electron chi connectivity index (χ0n) is 7.60. The number of rotatable bonds is 1. The summed E-state index contributed by atoms with van der Waals surface area (Å²) in [7, 11) is 1.85. The van der Waals surface area contributed by atoms with Crippen LogP contribution in [0.5, 0.6) is 0 Å². The molecule has 0 unspecified atom stereocenters. The molecule has 0 aliphatic heterocycles. The zero-order valence-corrected chi connectivity index (χ0v) is 7.60. The lowest BCUT2D eigenvalue weighted by Gasteiger charge is -2.01. The largest absolute Gasteiger partial charge is 0.394 e. The molecule has 0 bridgehead atoms. The van der Waals surface area contributed by atoms with Crippen molar-refractivity contribution in [1.29, 1.82) is 0 Å². The number of aryl methyl sites for hydroxylation is 2. The molecule has 2 aromatic rings. The Morgan fingerprint density at radius 2 is 2.23 bits per heavy atom. The van der Waals surface area contributed by atoms with Crippen molar-refractivity contribution in [2.45, 2.75) is 6.92 Å². The van der Waals surface area contributed by atoms with Crippen LogP contribution in [0.2, 0.25) is 0 Å². The summed E-state index contributed by atoms with van der Waals surface area (Å²) in [5, 5.41) is 8.29. The third-order valence-corrected chi connectivity index (χ3v) is 1.96. The van der Waals surface area contributed by atoms with Gasteiger partial charge in [0.2, 0.25) is 0 Å². The predicted molar refractivity (Wildman–Crippen MR) is 49.5 cm³/mol. The van der Waals surface area contributed by atoms with E-state index in [0.29, 0.717) is 5.69 Å². The first-order valence-electron chi connectivity index (χ1n) is 3.99. The third-order valence-electron chi connectivity index (χ3n) is 1.96. The van der Waals surface area contributed by atoms with E-state index in [-0.39, 0.29) is 0 Å². The first-order chi connectivity index (χ1) is 6.20. The van der Waals surface area contributed by atoms with Crippen LogP contribution in [0.15, 0.2) is 18.5 Å². The lowest BCUT2D eigenvalue weighted by Crippen LogP contribution is -2.05. The minimum absolute atomic E-state index is 0.672. The van der Waals surface area contributed by atoms with Crippen LogP contribution >= 0.6 is 0 Å². The maximum absolute atomic E-state index is 5.85. The average Bonchev–Trinajstić information content (AvgIpc) is 2.63. The molecule has 0 saturated heterocycles. The first kappa shape index (κ1) is 7.85. The van der Waals surface area contributed by atoms with Crippen LogP contribution in [-0.4, -0.2) is 19.6 Å². The second kappa shape index (κ2) is 2.62. The van der Waals surface area contributed by atoms with Crippen molar-refractivity contribution in [2.75, 3.05) is 5.73 Å². The highest BCUT2D eigenvalue weighted by molar-refractivity contribution is 5.56. The van der Waals surface area contributed by atoms with Gasteiger partial charge in [0.1, 0.15) is 0 Å². The number of nitrogens with zero attached hydrogens (tertiary/aromatic N) is 4. The van der Waals surface area contributed by atoms with E-state index in [1.807, 2.05) is 26.2 Å². The lowest BCUT2D eigenvalue weighted by molar-refractivity contribution is 0.694. The van der Waals surface area contributed by atoms with E-state index in [1.165, 1.54) is 0 Å². The number of hydrogen-bond donors (Lipinski definition) is 1. The van der Waals surface area contributed by atoms with E-state index in [4.69, 9.17) is 5.73 Å². The molecular weight excluding hydrogens is 166 g/mol. The summed E-state index contributed by atoms with van der Waals surface area (Å²) < 4.78 is 3.42. The second-order valence-electron chi connectivity index (χ2n) is 2.90. The standard InChI is InChI=1S/C8H11N5/c1-6-7(9)8(12(2)11-6)13-5-3-4-10-13/h3-5H,9H2,1-2H3. The molecule has 0 amide bonds. The normalized spacial score (nSPS) is 10.6. The van der Waals surface area contributed by atoms with E-state index in [0.717, 1.165) is 11.5 Å². The van der Waals surface area contributed by atoms with Gasteiger partial charge in [0, 0.05) is 19.4 Å². The molecule has 2 N–H and O–H groups in total. The van der Waals surface area contributed by atoms with Gasteiger partial charge in [-0.1, -0.05) is 0 Å². The van der Waals surface area contributed by atoms with Gasteiger partial charge in [-0.3, -0.25) is 0 Å². The van der Waals surface area contributed by atoms with Gasteiger partial charge in [-0.15, -0.1) is 0 Å². The van der Waals surface area contributed by atoms with Crippen LogP contribution in [0.1, 0.15) is 5.69 Å². The lowest BCUT2D eigenvalue weighted by atomic mass is 10.4. The quantitative estimate of drug-likeness (QED) is 0.689. The van der Waals surface area contributed by atoms with Gasteiger partial charge in [-0.05, 0) is 13.0 Å². The van der Waals surface area contributed by atoms with Gasteiger partial charge in [0.05, 0.1) is 11.4 Å². The summed E-state index contributed by atoms with van der Waals surface area (Å²) >= 11 is 0. The molecule has 0 aliphatic rings. The molecule has 5 nitrogen and oxygen atoms in total. The van der Waals surface area contributed by atoms with Gasteiger partial charge in [-0.2, -0.15) is 10.2 Å². The van der Waals surface area contributed by atoms with Gasteiger partial charge in [0.25, 0.3) is 0 Å². The Balaban J connectivity index is 2.64. The summed E-state index contributed by atoms with van der Waals surface area (Å²) in [5.41, 5.74) is 7.35. The SMILES string of the molecule is Cc1nn(C)c(-n2cccn2)c1N. The minimum Gasteiger partial charge on any atom is -0.394 e. The van der Waals surface area contributed by atoms with Gasteiger partial charge >= 0.3 is 0 Å². The zero-order chi connectivity index (χ0) is 9.42. The van der Waals surface area contributed by atoms with Crippen LogP contribution in [0.4, 0.5) is 5.69 Å². The first-order valence-corrected chi connectivity index (χ1v) is 3.99. The molecule has 0 aliphatic carbocycles. The van der Waals surface area contributed by atoms with E-state index >= 15 is 0 Å². The summed E-state index contributed by atoms with van der Waals surface area (Å²) in [4.78, 5) is 0. The average molecular weight is 177 g/mol. The van der Waals surface area contributed by atoms with E-state index in [1.54, 1.807) is 15.6 Å². The van der Waals surface area contributed by atoms with Gasteiger partial charge < -0.3 is 5.73 Å². The molecule has 0 atom stereocenters. The van der Waals surface area contributed by atoms with Crippen molar-refractivity contribution in [3.8, 4) is 5.82 Å². The number of hydrogen-bond acceptors (Lipinski definition) is 3. The summed E-state index contributed by atoms with van der Waals surface area (Å²) in [6.45, 7) is 1.88. The van der Waals surface area contributed by atoms with Crippen molar-refractivity contribution in [3.05, 3.63) is 24.2 Å². The minimum atomic E-state index is 0.672. The van der Waals surface area contributed by atoms with Crippen LogP contribution in [0.25, 0.3) is 5.82 Å². The summed E-state index contributed by atoms with van der Waals surface area (Å²) in [5.74, 6) is 0.808. The van der Waals surface area contributed by atoms with E-state index in [9.17, 15) is 0 Å². The topological polar surface area (TPSA) is 61.7 Å². The van der Waals surface area contributed by atoms with Crippen LogP contribution < -0.4 is 5.73 Å². The smallest absolute Gasteiger partial charge is 0.175 e. The maximum atomic E-state index is 5.85. The molecule has 68 valence electrons. The highest BCUT2D eigenvalue weighted by atomic mass is 15.4. The molecule has 0 radical (unpaired) electrons. The van der Waals surface area contributed by atoms with Gasteiger partial charge in [0.15, 0.2) is 5.82 Å². The molecule has 0 spiro atoms. The number of nitrogen functional groups attached to an aromatic ring is 1. The highest BCUT2D eigenvalue weighted by Gasteiger charge is 2.11. The summed E-state index contributed by atoms with van der Waals surface area (Å²) in [6.07, 6.45) is 3.55. The molecule has 2 heterocycles. The van der Waals surface area contributed by atoms with Gasteiger partial charge in [-0.25, -0.2) is 9.36 Å². The fraction of sp³-hybridized carbons (Fsp3) is 0.250. The predicted octanol–water partition coefficient (Wildman–Crippen LogP) is 0.496. The molecule has 5 heteroatoms. The van der Waals surface area contributed by atoms with Crippen molar-refractivity contribution in [2.24, 2.45) is 7.05 Å². The van der Waals surface area contributed by atoms with Crippen molar-refractivity contribution < 1.29 is 0 Å². The molecule has 0 aromatic carbocycles. The maximum Gasteiger partial charge on any atom is 0.175 e. The van der Waals surface area contributed by atoms with Crippen molar-refractivity contribution >= 4 is 5.69 Å². The highest BCUT2D eigenvalue weighted by Crippen LogP contribution is 2.18. The Labute approximate surface area is 75.8 Å². The van der Waals surface area contributed by atoms with Crippen LogP contribution in [0.3, 0.4) is 0 Å². The summed E-state index contributed by atoms with van der Waals surface area (Å²) in [6, 6.07) is 1.85. The third kappa shape index (κ3) is 1.09. The van der Waals surface area contributed by atoms with E-state index in [2.05, 4.69) is 10.2 Å². The number of anilines is 1. The monoisotopic (exact) mass is 177 g/mol. The second-order valence-corrected chi connectivity index (χ2v) is 2.90. The molecule has 0 saturated carbocycles. The molecule has 2 rings (SSSR count). The Morgan fingerprint density at radius 1 is 1.46 bits per heavy atom. The fourth-order valence-corrected chi connectivity index (χ4v) is 1.33. The Morgan fingerprint density at radius 3 is 2.69 bits per heavy atom. The van der Waals surface area contributed by atoms with Crippen LogP contribution in [0, 0.1) is 6.92 Å². The van der Waals surface area contributed by atoms with Crippen molar-refractivity contribution in [1.82, 2.24) is 19.6 Å². The number of nitrogens with two attached hydrogens (primary N) is 1. The molecule has 13 heavy (non-hydrogen) atoms. The van der Waals surface area contributed by atoms with Crippen molar-refractivity contribution in [3.63, 3.8) is 0 Å². The Hall–Kier alpha value is -1.78.